The SMILES string of the molecule is CCc1ccc(NC(=O)Cn2nnc(-c3ccccc3Br)n2)cc1. The van der Waals surface area contributed by atoms with Crippen molar-refractivity contribution in [1.82, 2.24) is 20.2 Å². The Morgan fingerprint density at radius 1 is 1.17 bits per heavy atom. The number of nitrogens with zero attached hydrogens (tertiary/aromatic N) is 4. The van der Waals surface area contributed by atoms with E-state index in [1.807, 2.05) is 48.5 Å². The van der Waals surface area contributed by atoms with Crippen LogP contribution in [-0.4, -0.2) is 26.1 Å². The number of tetrazole rings is 1. The molecule has 0 fully saturated rings. The number of benzene rings is 2. The fourth-order valence-electron chi connectivity index (χ4n) is 2.21. The lowest BCUT2D eigenvalue weighted by Crippen LogP contribution is -2.20. The standard InChI is InChI=1S/C17H16BrN5O/c1-2-12-7-9-13(10-8-12)19-16(24)11-23-21-17(20-22-23)14-5-3-4-6-15(14)18/h3-10H,2,11H2,1H3,(H,19,24). The Morgan fingerprint density at radius 3 is 2.62 bits per heavy atom. The van der Waals surface area contributed by atoms with Crippen LogP contribution in [0.5, 0.6) is 0 Å². The first-order chi connectivity index (χ1) is 11.7. The number of halogens is 1. The highest BCUT2D eigenvalue weighted by Gasteiger charge is 2.11. The summed E-state index contributed by atoms with van der Waals surface area (Å²) in [5, 5.41) is 15.0. The van der Waals surface area contributed by atoms with Crippen LogP contribution in [0.1, 0.15) is 12.5 Å². The number of nitrogens with one attached hydrogen (secondary N) is 1. The van der Waals surface area contributed by atoms with Crippen molar-refractivity contribution in [3.8, 4) is 11.4 Å². The van der Waals surface area contributed by atoms with Crippen molar-refractivity contribution in [3.63, 3.8) is 0 Å². The second kappa shape index (κ2) is 7.35. The first-order valence-electron chi connectivity index (χ1n) is 7.57. The Labute approximate surface area is 148 Å². The molecule has 122 valence electrons. The molecule has 0 atom stereocenters. The quantitative estimate of drug-likeness (QED) is 0.730. The van der Waals surface area contributed by atoms with Crippen LogP contribution in [0.4, 0.5) is 5.69 Å². The minimum absolute atomic E-state index is 0.00693. The summed E-state index contributed by atoms with van der Waals surface area (Å²) < 4.78 is 0.880. The van der Waals surface area contributed by atoms with E-state index in [1.54, 1.807) is 0 Å². The van der Waals surface area contributed by atoms with Gasteiger partial charge in [-0.3, -0.25) is 4.79 Å². The van der Waals surface area contributed by atoms with Gasteiger partial charge >= 0.3 is 0 Å². The molecule has 0 spiro atoms. The van der Waals surface area contributed by atoms with Crippen molar-refractivity contribution in [1.29, 1.82) is 0 Å². The summed E-state index contributed by atoms with van der Waals surface area (Å²) in [5.41, 5.74) is 2.81. The van der Waals surface area contributed by atoms with E-state index in [1.165, 1.54) is 10.4 Å². The predicted molar refractivity (Wildman–Crippen MR) is 95.4 cm³/mol. The molecule has 2 aromatic carbocycles. The number of carbonyl (C=O) groups is 1. The summed E-state index contributed by atoms with van der Waals surface area (Å²) in [5.74, 6) is 0.276. The molecule has 0 saturated heterocycles. The number of aryl methyl sites for hydroxylation is 1. The van der Waals surface area contributed by atoms with Gasteiger partial charge in [0.25, 0.3) is 0 Å². The number of hydrogen-bond donors (Lipinski definition) is 1. The molecule has 0 radical (unpaired) electrons. The first kappa shape index (κ1) is 16.3. The third kappa shape index (κ3) is 3.86. The Morgan fingerprint density at radius 2 is 1.92 bits per heavy atom. The molecule has 0 saturated carbocycles. The van der Waals surface area contributed by atoms with Crippen molar-refractivity contribution in [3.05, 3.63) is 58.6 Å². The number of aromatic nitrogens is 4. The van der Waals surface area contributed by atoms with Gasteiger partial charge in [0, 0.05) is 15.7 Å². The molecule has 6 nitrogen and oxygen atoms in total. The third-order valence-electron chi connectivity index (χ3n) is 3.50. The lowest BCUT2D eigenvalue weighted by molar-refractivity contribution is -0.117. The molecule has 0 bridgehead atoms. The molecule has 0 aliphatic heterocycles. The molecular weight excluding hydrogens is 370 g/mol. The Hall–Kier alpha value is -2.54. The second-order valence-electron chi connectivity index (χ2n) is 5.22. The highest BCUT2D eigenvalue weighted by molar-refractivity contribution is 9.10. The first-order valence-corrected chi connectivity index (χ1v) is 8.36. The van der Waals surface area contributed by atoms with Crippen molar-refractivity contribution < 1.29 is 4.79 Å². The second-order valence-corrected chi connectivity index (χ2v) is 6.08. The maximum atomic E-state index is 12.1. The minimum atomic E-state index is -0.199. The van der Waals surface area contributed by atoms with Gasteiger partial charge in [-0.25, -0.2) is 0 Å². The van der Waals surface area contributed by atoms with E-state index in [-0.39, 0.29) is 12.5 Å². The number of anilines is 1. The summed E-state index contributed by atoms with van der Waals surface area (Å²) >= 11 is 3.45. The van der Waals surface area contributed by atoms with Gasteiger partial charge < -0.3 is 5.32 Å². The van der Waals surface area contributed by atoms with Crippen LogP contribution < -0.4 is 5.32 Å². The van der Waals surface area contributed by atoms with Gasteiger partial charge in [-0.15, -0.1) is 10.2 Å². The molecule has 0 aliphatic rings. The summed E-state index contributed by atoms with van der Waals surface area (Å²) in [6.45, 7) is 2.10. The van der Waals surface area contributed by atoms with Crippen molar-refractivity contribution in [2.45, 2.75) is 19.9 Å². The monoisotopic (exact) mass is 385 g/mol. The zero-order valence-electron chi connectivity index (χ0n) is 13.1. The Kier molecular flexibility index (Phi) is 5.00. The molecule has 3 rings (SSSR count). The van der Waals surface area contributed by atoms with Gasteiger partial charge in [0.1, 0.15) is 6.54 Å². The van der Waals surface area contributed by atoms with Crippen molar-refractivity contribution in [2.75, 3.05) is 5.32 Å². The van der Waals surface area contributed by atoms with E-state index >= 15 is 0 Å². The predicted octanol–water partition coefficient (Wildman–Crippen LogP) is 3.30. The molecule has 1 amide bonds. The summed E-state index contributed by atoms with van der Waals surface area (Å²) in [6.07, 6.45) is 0.967. The van der Waals surface area contributed by atoms with E-state index in [4.69, 9.17) is 0 Å². The molecule has 7 heteroatoms. The fraction of sp³-hybridized carbons (Fsp3) is 0.176. The van der Waals surface area contributed by atoms with Gasteiger partial charge in [-0.2, -0.15) is 4.80 Å². The average molecular weight is 386 g/mol. The topological polar surface area (TPSA) is 72.7 Å². The molecule has 1 aromatic heterocycles. The average Bonchev–Trinajstić information content (AvgIpc) is 3.04. The highest BCUT2D eigenvalue weighted by atomic mass is 79.9. The van der Waals surface area contributed by atoms with Gasteiger partial charge in [-0.1, -0.05) is 47.1 Å². The van der Waals surface area contributed by atoms with Gasteiger partial charge in [0.15, 0.2) is 0 Å². The third-order valence-corrected chi connectivity index (χ3v) is 4.19. The van der Waals surface area contributed by atoms with Crippen molar-refractivity contribution in [2.24, 2.45) is 0 Å². The van der Waals surface area contributed by atoms with Gasteiger partial charge in [-0.05, 0) is 41.5 Å². The molecule has 3 aromatic rings. The molecule has 1 heterocycles. The Bertz CT molecular complexity index is 844. The zero-order chi connectivity index (χ0) is 16.9. The van der Waals surface area contributed by atoms with E-state index in [0.29, 0.717) is 5.82 Å². The van der Waals surface area contributed by atoms with Crippen LogP contribution in [-0.2, 0) is 17.8 Å². The zero-order valence-corrected chi connectivity index (χ0v) is 14.7. The van der Waals surface area contributed by atoms with E-state index < -0.39 is 0 Å². The van der Waals surface area contributed by atoms with Crippen LogP contribution in [0.3, 0.4) is 0 Å². The summed E-state index contributed by atoms with van der Waals surface area (Å²) in [4.78, 5) is 13.4. The van der Waals surface area contributed by atoms with Gasteiger partial charge in [0.2, 0.25) is 11.7 Å². The summed E-state index contributed by atoms with van der Waals surface area (Å²) in [6, 6.07) is 15.4. The minimum Gasteiger partial charge on any atom is -0.324 e. The molecule has 1 N–H and O–H groups in total. The lowest BCUT2D eigenvalue weighted by Gasteiger charge is -2.05. The van der Waals surface area contributed by atoms with Crippen LogP contribution in [0.2, 0.25) is 0 Å². The van der Waals surface area contributed by atoms with Crippen molar-refractivity contribution >= 4 is 27.5 Å². The molecule has 0 unspecified atom stereocenters. The number of carbonyl (C=O) groups excluding carboxylic acids is 1. The van der Waals surface area contributed by atoms with E-state index in [2.05, 4.69) is 43.6 Å². The molecular formula is C17H16BrN5O. The van der Waals surface area contributed by atoms with Crippen LogP contribution in [0, 0.1) is 0 Å². The van der Waals surface area contributed by atoms with Crippen LogP contribution in [0.25, 0.3) is 11.4 Å². The maximum Gasteiger partial charge on any atom is 0.248 e. The highest BCUT2D eigenvalue weighted by Crippen LogP contribution is 2.24. The Balaban J connectivity index is 1.66. The van der Waals surface area contributed by atoms with Crippen LogP contribution in [0.15, 0.2) is 53.0 Å². The molecule has 24 heavy (non-hydrogen) atoms. The normalized spacial score (nSPS) is 10.6. The lowest BCUT2D eigenvalue weighted by atomic mass is 10.1. The molecule has 0 aliphatic carbocycles. The van der Waals surface area contributed by atoms with Gasteiger partial charge in [0.05, 0.1) is 0 Å². The number of hydrogen-bond acceptors (Lipinski definition) is 4. The number of amides is 1. The number of rotatable bonds is 5. The fourth-order valence-corrected chi connectivity index (χ4v) is 2.68. The summed E-state index contributed by atoms with van der Waals surface area (Å²) in [7, 11) is 0. The largest absolute Gasteiger partial charge is 0.324 e. The van der Waals surface area contributed by atoms with E-state index in [0.717, 1.165) is 22.1 Å². The smallest absolute Gasteiger partial charge is 0.248 e. The van der Waals surface area contributed by atoms with E-state index in [9.17, 15) is 4.79 Å². The maximum absolute atomic E-state index is 12.1. The van der Waals surface area contributed by atoms with Crippen LogP contribution >= 0.6 is 15.9 Å².